The van der Waals surface area contributed by atoms with E-state index in [-0.39, 0.29) is 17.6 Å². The molecule has 112 valence electrons. The third kappa shape index (κ3) is 3.12. The number of nitrogens with one attached hydrogen (secondary N) is 1. The third-order valence-electron chi connectivity index (χ3n) is 4.09. The van der Waals surface area contributed by atoms with E-state index in [0.717, 1.165) is 24.3 Å². The molecule has 4 nitrogen and oxygen atoms in total. The molecule has 2 aliphatic rings. The lowest BCUT2D eigenvalue weighted by molar-refractivity contribution is 0.189. The van der Waals surface area contributed by atoms with E-state index < -0.39 is 5.82 Å². The topological polar surface area (TPSA) is 61.5 Å². The highest BCUT2D eigenvalue weighted by molar-refractivity contribution is 5.43. The first kappa shape index (κ1) is 13.8. The number of halogens is 1. The van der Waals surface area contributed by atoms with Crippen LogP contribution in [0.2, 0.25) is 0 Å². The van der Waals surface area contributed by atoms with Gasteiger partial charge in [-0.25, -0.2) is 4.39 Å². The first-order valence-electron chi connectivity index (χ1n) is 7.30. The standard InChI is InChI=1S/C16H20FN3O/c17-13-5-4-12(9-14(13)18)15(6-3-11-1-2-11)20-8-7-19-10-16(20)21/h4-5,7-11,15,19,21H,1-3,6,18H2. The third-order valence-corrected chi connectivity index (χ3v) is 4.09. The van der Waals surface area contributed by atoms with Crippen LogP contribution < -0.4 is 11.1 Å². The number of nitrogen functional groups attached to an aromatic ring is 1. The summed E-state index contributed by atoms with van der Waals surface area (Å²) in [5.41, 5.74) is 6.75. The van der Waals surface area contributed by atoms with E-state index in [0.29, 0.717) is 0 Å². The minimum Gasteiger partial charge on any atom is -0.493 e. The Labute approximate surface area is 123 Å². The predicted molar refractivity (Wildman–Crippen MR) is 80.3 cm³/mol. The van der Waals surface area contributed by atoms with Gasteiger partial charge >= 0.3 is 0 Å². The van der Waals surface area contributed by atoms with Crippen molar-refractivity contribution in [2.75, 3.05) is 5.73 Å². The number of anilines is 1. The van der Waals surface area contributed by atoms with Gasteiger partial charge in [0.25, 0.3) is 0 Å². The molecule has 0 aromatic heterocycles. The zero-order valence-electron chi connectivity index (χ0n) is 11.8. The SMILES string of the molecule is Nc1cc(C(CCC2CC2)N2C=CNC=C2O)ccc1F. The molecule has 1 unspecified atom stereocenters. The molecule has 1 atom stereocenters. The minimum absolute atomic E-state index is 0.0388. The lowest BCUT2D eigenvalue weighted by atomic mass is 9.98. The monoisotopic (exact) mass is 289 g/mol. The summed E-state index contributed by atoms with van der Waals surface area (Å²) in [5, 5.41) is 12.9. The number of hydrogen-bond donors (Lipinski definition) is 3. The van der Waals surface area contributed by atoms with Crippen LogP contribution in [-0.4, -0.2) is 10.0 Å². The fourth-order valence-electron chi connectivity index (χ4n) is 2.70. The molecule has 0 spiro atoms. The van der Waals surface area contributed by atoms with Gasteiger partial charge in [-0.3, -0.25) is 0 Å². The molecule has 1 aliphatic heterocycles. The molecule has 4 N–H and O–H groups in total. The lowest BCUT2D eigenvalue weighted by Crippen LogP contribution is -2.27. The van der Waals surface area contributed by atoms with Crippen molar-refractivity contribution in [2.45, 2.75) is 31.7 Å². The average molecular weight is 289 g/mol. The number of aliphatic hydroxyl groups excluding tert-OH is 1. The highest BCUT2D eigenvalue weighted by atomic mass is 19.1. The van der Waals surface area contributed by atoms with Gasteiger partial charge in [-0.2, -0.15) is 0 Å². The number of nitrogens with zero attached hydrogens (tertiary/aromatic N) is 1. The van der Waals surface area contributed by atoms with Gasteiger partial charge < -0.3 is 21.1 Å². The van der Waals surface area contributed by atoms with Crippen molar-refractivity contribution in [3.8, 4) is 0 Å². The Morgan fingerprint density at radius 1 is 1.43 bits per heavy atom. The van der Waals surface area contributed by atoms with Crippen LogP contribution in [0.5, 0.6) is 0 Å². The molecule has 1 aliphatic carbocycles. The zero-order valence-corrected chi connectivity index (χ0v) is 11.8. The zero-order chi connectivity index (χ0) is 14.8. The smallest absolute Gasteiger partial charge is 0.208 e. The molecule has 21 heavy (non-hydrogen) atoms. The van der Waals surface area contributed by atoms with Crippen LogP contribution in [0.1, 0.15) is 37.3 Å². The van der Waals surface area contributed by atoms with Crippen LogP contribution in [0, 0.1) is 11.7 Å². The van der Waals surface area contributed by atoms with Crippen LogP contribution in [0.15, 0.2) is 42.7 Å². The highest BCUT2D eigenvalue weighted by Crippen LogP contribution is 2.39. The van der Waals surface area contributed by atoms with Crippen molar-refractivity contribution in [1.82, 2.24) is 10.2 Å². The summed E-state index contributed by atoms with van der Waals surface area (Å²) < 4.78 is 13.4. The largest absolute Gasteiger partial charge is 0.493 e. The van der Waals surface area contributed by atoms with Gasteiger partial charge in [0.1, 0.15) is 5.82 Å². The number of aliphatic hydroxyl groups is 1. The molecular weight excluding hydrogens is 269 g/mol. The summed E-state index contributed by atoms with van der Waals surface area (Å²) in [6.45, 7) is 0. The van der Waals surface area contributed by atoms with Crippen LogP contribution in [-0.2, 0) is 0 Å². The van der Waals surface area contributed by atoms with E-state index >= 15 is 0 Å². The van der Waals surface area contributed by atoms with Gasteiger partial charge in [-0.05, 0) is 36.5 Å². The predicted octanol–water partition coefficient (Wildman–Crippen LogP) is 3.37. The maximum atomic E-state index is 13.4. The van der Waals surface area contributed by atoms with Crippen LogP contribution in [0.25, 0.3) is 0 Å². The van der Waals surface area contributed by atoms with E-state index in [1.54, 1.807) is 29.4 Å². The Morgan fingerprint density at radius 2 is 2.24 bits per heavy atom. The van der Waals surface area contributed by atoms with E-state index in [4.69, 9.17) is 5.73 Å². The summed E-state index contributed by atoms with van der Waals surface area (Å²) in [4.78, 5) is 1.80. The lowest BCUT2D eigenvalue weighted by Gasteiger charge is -2.32. The van der Waals surface area contributed by atoms with Crippen LogP contribution >= 0.6 is 0 Å². The molecule has 1 fully saturated rings. The Balaban J connectivity index is 1.86. The average Bonchev–Trinajstić information content (AvgIpc) is 3.29. The van der Waals surface area contributed by atoms with Crippen molar-refractivity contribution in [2.24, 2.45) is 5.92 Å². The maximum absolute atomic E-state index is 13.4. The second-order valence-corrected chi connectivity index (χ2v) is 5.71. The summed E-state index contributed by atoms with van der Waals surface area (Å²) in [6.07, 6.45) is 9.68. The normalized spacial score (nSPS) is 19.1. The van der Waals surface area contributed by atoms with E-state index in [1.165, 1.54) is 25.1 Å². The summed E-state index contributed by atoms with van der Waals surface area (Å²) in [7, 11) is 0. The van der Waals surface area contributed by atoms with Gasteiger partial charge in [-0.15, -0.1) is 0 Å². The maximum Gasteiger partial charge on any atom is 0.208 e. The molecule has 0 saturated heterocycles. The second kappa shape index (κ2) is 5.68. The first-order valence-corrected chi connectivity index (χ1v) is 7.30. The van der Waals surface area contributed by atoms with E-state index in [9.17, 15) is 9.50 Å². The Kier molecular flexibility index (Phi) is 3.73. The second-order valence-electron chi connectivity index (χ2n) is 5.71. The van der Waals surface area contributed by atoms with Crippen molar-refractivity contribution in [1.29, 1.82) is 0 Å². The van der Waals surface area contributed by atoms with Crippen molar-refractivity contribution < 1.29 is 9.50 Å². The molecule has 5 heteroatoms. The van der Waals surface area contributed by atoms with Gasteiger partial charge in [0.2, 0.25) is 5.88 Å². The van der Waals surface area contributed by atoms with E-state index in [2.05, 4.69) is 5.32 Å². The molecular formula is C16H20FN3O. The van der Waals surface area contributed by atoms with Gasteiger partial charge in [0.15, 0.2) is 0 Å². The summed E-state index contributed by atoms with van der Waals surface area (Å²) in [6, 6.07) is 4.76. The molecule has 0 bridgehead atoms. The number of rotatable bonds is 5. The van der Waals surface area contributed by atoms with Gasteiger partial charge in [0.05, 0.1) is 17.9 Å². The number of hydrogen-bond acceptors (Lipinski definition) is 4. The Morgan fingerprint density at radius 3 is 2.90 bits per heavy atom. The van der Waals surface area contributed by atoms with Crippen molar-refractivity contribution in [3.05, 3.63) is 54.1 Å². The minimum atomic E-state index is -0.407. The Bertz CT molecular complexity index is 581. The highest BCUT2D eigenvalue weighted by Gasteiger charge is 2.27. The molecule has 1 aromatic carbocycles. The molecule has 0 amide bonds. The molecule has 1 heterocycles. The van der Waals surface area contributed by atoms with E-state index in [1.807, 2.05) is 0 Å². The molecule has 1 saturated carbocycles. The molecule has 3 rings (SSSR count). The van der Waals surface area contributed by atoms with Gasteiger partial charge in [-0.1, -0.05) is 18.9 Å². The summed E-state index contributed by atoms with van der Waals surface area (Å²) in [5.74, 6) is 0.541. The molecule has 0 radical (unpaired) electrons. The van der Waals surface area contributed by atoms with Crippen LogP contribution in [0.4, 0.5) is 10.1 Å². The quantitative estimate of drug-likeness (QED) is 0.727. The number of benzene rings is 1. The number of nitrogens with two attached hydrogens (primary N) is 1. The Hall–Kier alpha value is -2.17. The first-order chi connectivity index (χ1) is 10.1. The molecule has 1 aromatic rings. The summed E-state index contributed by atoms with van der Waals surface area (Å²) >= 11 is 0. The fraction of sp³-hybridized carbons (Fsp3) is 0.375. The van der Waals surface area contributed by atoms with Crippen LogP contribution in [0.3, 0.4) is 0 Å². The van der Waals surface area contributed by atoms with Crippen molar-refractivity contribution in [3.63, 3.8) is 0 Å². The van der Waals surface area contributed by atoms with Gasteiger partial charge in [0, 0.05) is 12.4 Å². The fourth-order valence-corrected chi connectivity index (χ4v) is 2.70. The van der Waals surface area contributed by atoms with Crippen molar-refractivity contribution >= 4 is 5.69 Å².